The molecule has 0 atom stereocenters. The first-order valence-corrected chi connectivity index (χ1v) is 14.4. The molecule has 1 N–H and O–H groups in total. The Bertz CT molecular complexity index is 1050. The summed E-state index contributed by atoms with van der Waals surface area (Å²) < 4.78 is 18.1. The van der Waals surface area contributed by atoms with Crippen molar-refractivity contribution in [3.8, 4) is 5.75 Å². The standard InChI is InChI=1S/C30H43N5O3/c1-24-22-31-30-32-27-7-8-28(38-20-16-34-12-3-2-4-13-34)26(21-27)23-37-18-6-5-17-36-19-11-25-9-14-35(15-10-25)29(24)33-30/h5-8,21-22,25H,2-4,9-20,23H2,1H3,(H,31,32,33)/b6-5+. The summed E-state index contributed by atoms with van der Waals surface area (Å²) in [5.74, 6) is 3.22. The van der Waals surface area contributed by atoms with Crippen LogP contribution in [-0.4, -0.2) is 74.0 Å². The summed E-state index contributed by atoms with van der Waals surface area (Å²) in [5.41, 5.74) is 3.05. The maximum Gasteiger partial charge on any atom is 0.229 e. The molecule has 5 heterocycles. The average molecular weight is 522 g/mol. The minimum absolute atomic E-state index is 0.467. The second kappa shape index (κ2) is 13.9. The number of aromatic nitrogens is 2. The Hall–Kier alpha value is -2.68. The molecule has 4 aliphatic heterocycles. The minimum Gasteiger partial charge on any atom is -0.492 e. The molecular formula is C30H43N5O3. The first-order chi connectivity index (χ1) is 18.7. The van der Waals surface area contributed by atoms with Gasteiger partial charge in [0.15, 0.2) is 0 Å². The van der Waals surface area contributed by atoms with E-state index in [1.807, 2.05) is 24.4 Å². The highest BCUT2D eigenvalue weighted by molar-refractivity contribution is 5.59. The Morgan fingerprint density at radius 1 is 1.00 bits per heavy atom. The molecule has 4 aliphatic rings. The molecular weight excluding hydrogens is 478 g/mol. The summed E-state index contributed by atoms with van der Waals surface area (Å²) in [4.78, 5) is 14.4. The van der Waals surface area contributed by atoms with Crippen LogP contribution in [0.4, 0.5) is 17.5 Å². The number of anilines is 3. The fourth-order valence-corrected chi connectivity index (χ4v) is 5.53. The Balaban J connectivity index is 1.31. The lowest BCUT2D eigenvalue weighted by Gasteiger charge is -2.33. The number of likely N-dealkylation sites (tertiary alicyclic amines) is 1. The molecule has 0 aliphatic carbocycles. The van der Waals surface area contributed by atoms with E-state index in [0.29, 0.717) is 38.3 Å². The molecule has 0 spiro atoms. The van der Waals surface area contributed by atoms with Gasteiger partial charge in [0.1, 0.15) is 18.2 Å². The second-order valence-corrected chi connectivity index (χ2v) is 10.7. The minimum atomic E-state index is 0.467. The van der Waals surface area contributed by atoms with Gasteiger partial charge in [0.05, 0.1) is 19.8 Å². The van der Waals surface area contributed by atoms with E-state index in [4.69, 9.17) is 19.2 Å². The Labute approximate surface area is 227 Å². The van der Waals surface area contributed by atoms with Gasteiger partial charge in [-0.15, -0.1) is 0 Å². The maximum absolute atomic E-state index is 6.25. The van der Waals surface area contributed by atoms with Crippen molar-refractivity contribution in [1.29, 1.82) is 0 Å². The van der Waals surface area contributed by atoms with Gasteiger partial charge in [0.2, 0.25) is 5.95 Å². The molecule has 6 bridgehead atoms. The molecule has 0 amide bonds. The quantitative estimate of drug-likeness (QED) is 0.557. The fourth-order valence-electron chi connectivity index (χ4n) is 5.53. The Morgan fingerprint density at radius 3 is 2.66 bits per heavy atom. The third kappa shape index (κ3) is 7.68. The molecule has 38 heavy (non-hydrogen) atoms. The first kappa shape index (κ1) is 26.9. The number of piperidine rings is 2. The SMILES string of the molecule is Cc1cnc2nc1N1CCC(CCOC/C=C/COCc3cc(ccc3OCCN3CCCCC3)N2)CC1. The van der Waals surface area contributed by atoms with Crippen LogP contribution in [0.25, 0.3) is 0 Å². The van der Waals surface area contributed by atoms with Gasteiger partial charge in [-0.05, 0) is 76.2 Å². The van der Waals surface area contributed by atoms with Crippen molar-refractivity contribution in [3.05, 3.63) is 47.7 Å². The smallest absolute Gasteiger partial charge is 0.229 e. The lowest BCUT2D eigenvalue weighted by molar-refractivity contribution is 0.134. The van der Waals surface area contributed by atoms with Crippen molar-refractivity contribution in [3.63, 3.8) is 0 Å². The highest BCUT2D eigenvalue weighted by Crippen LogP contribution is 2.29. The van der Waals surface area contributed by atoms with Gasteiger partial charge < -0.3 is 24.4 Å². The average Bonchev–Trinajstić information content (AvgIpc) is 2.95. The van der Waals surface area contributed by atoms with E-state index in [1.165, 1.54) is 45.2 Å². The van der Waals surface area contributed by atoms with E-state index >= 15 is 0 Å². The van der Waals surface area contributed by atoms with E-state index < -0.39 is 0 Å². The Kier molecular flexibility index (Phi) is 9.86. The van der Waals surface area contributed by atoms with Gasteiger partial charge in [0, 0.05) is 49.3 Å². The zero-order valence-electron chi connectivity index (χ0n) is 22.9. The van der Waals surface area contributed by atoms with E-state index in [2.05, 4.69) is 39.2 Å². The summed E-state index contributed by atoms with van der Waals surface area (Å²) in [6, 6.07) is 6.17. The fraction of sp³-hybridized carbons (Fsp3) is 0.600. The predicted molar refractivity (Wildman–Crippen MR) is 151 cm³/mol. The number of aryl methyl sites for hydroxylation is 1. The third-order valence-corrected chi connectivity index (χ3v) is 7.81. The third-order valence-electron chi connectivity index (χ3n) is 7.81. The number of nitrogens with one attached hydrogen (secondary N) is 1. The number of ether oxygens (including phenoxy) is 3. The molecule has 0 radical (unpaired) electrons. The van der Waals surface area contributed by atoms with Crippen molar-refractivity contribution < 1.29 is 14.2 Å². The molecule has 8 nitrogen and oxygen atoms in total. The molecule has 1 aromatic carbocycles. The maximum atomic E-state index is 6.25. The number of rotatable bonds is 4. The van der Waals surface area contributed by atoms with Crippen LogP contribution in [0.3, 0.4) is 0 Å². The number of fused-ring (bicyclic) bond motifs is 9. The highest BCUT2D eigenvalue weighted by Gasteiger charge is 2.22. The van der Waals surface area contributed by atoms with Crippen LogP contribution < -0.4 is 15.0 Å². The van der Waals surface area contributed by atoms with Gasteiger partial charge in [-0.25, -0.2) is 4.98 Å². The van der Waals surface area contributed by atoms with Crippen LogP contribution in [0.1, 0.15) is 49.7 Å². The highest BCUT2D eigenvalue weighted by atomic mass is 16.5. The van der Waals surface area contributed by atoms with Gasteiger partial charge in [-0.3, -0.25) is 4.90 Å². The second-order valence-electron chi connectivity index (χ2n) is 10.7. The van der Waals surface area contributed by atoms with Gasteiger partial charge in [-0.1, -0.05) is 18.6 Å². The summed E-state index contributed by atoms with van der Waals surface area (Å²) in [6.45, 7) is 10.6. The summed E-state index contributed by atoms with van der Waals surface area (Å²) >= 11 is 0. The normalized spacial score (nSPS) is 21.0. The number of hydrogen-bond acceptors (Lipinski definition) is 8. The topological polar surface area (TPSA) is 72.0 Å². The van der Waals surface area contributed by atoms with Crippen LogP contribution in [-0.2, 0) is 16.1 Å². The molecule has 0 saturated carbocycles. The first-order valence-electron chi connectivity index (χ1n) is 14.4. The van der Waals surface area contributed by atoms with Crippen molar-refractivity contribution in [2.45, 2.75) is 52.1 Å². The van der Waals surface area contributed by atoms with Crippen LogP contribution in [0, 0.1) is 12.8 Å². The van der Waals surface area contributed by atoms with Crippen LogP contribution in [0.2, 0.25) is 0 Å². The number of nitrogens with zero attached hydrogens (tertiary/aromatic N) is 4. The zero-order valence-corrected chi connectivity index (χ0v) is 22.9. The summed E-state index contributed by atoms with van der Waals surface area (Å²) in [5, 5.41) is 3.43. The largest absolute Gasteiger partial charge is 0.492 e. The molecule has 6 rings (SSSR count). The predicted octanol–water partition coefficient (Wildman–Crippen LogP) is 5.10. The summed E-state index contributed by atoms with van der Waals surface area (Å²) in [6.07, 6.45) is 13.4. The van der Waals surface area contributed by atoms with Crippen LogP contribution in [0.5, 0.6) is 5.75 Å². The van der Waals surface area contributed by atoms with Gasteiger partial charge in [-0.2, -0.15) is 4.98 Å². The van der Waals surface area contributed by atoms with Crippen LogP contribution in [0.15, 0.2) is 36.5 Å². The molecule has 2 fully saturated rings. The molecule has 0 unspecified atom stereocenters. The van der Waals surface area contributed by atoms with Crippen molar-refractivity contribution in [2.75, 3.05) is 69.4 Å². The van der Waals surface area contributed by atoms with E-state index in [1.54, 1.807) is 0 Å². The molecule has 1 aromatic heterocycles. The lowest BCUT2D eigenvalue weighted by atomic mass is 9.94. The van der Waals surface area contributed by atoms with Crippen LogP contribution >= 0.6 is 0 Å². The van der Waals surface area contributed by atoms with Crippen molar-refractivity contribution in [2.24, 2.45) is 5.92 Å². The van der Waals surface area contributed by atoms with Crippen molar-refractivity contribution in [1.82, 2.24) is 14.9 Å². The molecule has 2 saturated heterocycles. The van der Waals surface area contributed by atoms with E-state index in [0.717, 1.165) is 61.0 Å². The number of hydrogen-bond donors (Lipinski definition) is 1. The van der Waals surface area contributed by atoms with E-state index in [9.17, 15) is 0 Å². The monoisotopic (exact) mass is 521 g/mol. The Morgan fingerprint density at radius 2 is 1.82 bits per heavy atom. The zero-order chi connectivity index (χ0) is 26.0. The van der Waals surface area contributed by atoms with Crippen molar-refractivity contribution >= 4 is 17.5 Å². The molecule has 8 heteroatoms. The van der Waals surface area contributed by atoms with E-state index in [-0.39, 0.29) is 0 Å². The van der Waals surface area contributed by atoms with Gasteiger partial charge >= 0.3 is 0 Å². The molecule has 206 valence electrons. The van der Waals surface area contributed by atoms with Gasteiger partial charge in [0.25, 0.3) is 0 Å². The number of benzene rings is 1. The summed E-state index contributed by atoms with van der Waals surface area (Å²) in [7, 11) is 0. The lowest BCUT2D eigenvalue weighted by Crippen LogP contribution is -2.35. The molecule has 2 aromatic rings.